The van der Waals surface area contributed by atoms with Gasteiger partial charge in [-0.2, -0.15) is 26.3 Å². The molecule has 0 radical (unpaired) electrons. The van der Waals surface area contributed by atoms with Crippen LogP contribution in [0.3, 0.4) is 0 Å². The molecule has 0 spiro atoms. The highest BCUT2D eigenvalue weighted by atomic mass is 32.2. The summed E-state index contributed by atoms with van der Waals surface area (Å²) in [6.07, 6.45) is -4.73. The van der Waals surface area contributed by atoms with Gasteiger partial charge in [-0.05, 0) is 74.1 Å². The third-order valence-electron chi connectivity index (χ3n) is 6.64. The van der Waals surface area contributed by atoms with Gasteiger partial charge in [0.15, 0.2) is 0 Å². The summed E-state index contributed by atoms with van der Waals surface area (Å²) < 4.78 is 79.2. The van der Waals surface area contributed by atoms with E-state index in [-0.39, 0.29) is 41.8 Å². The van der Waals surface area contributed by atoms with Crippen molar-refractivity contribution < 1.29 is 35.9 Å². The molecular formula is C24H26F6N4O2S. The lowest BCUT2D eigenvalue weighted by molar-refractivity contribution is -0.143. The van der Waals surface area contributed by atoms with Crippen LogP contribution in [0.25, 0.3) is 0 Å². The minimum absolute atomic E-state index is 0.0422. The van der Waals surface area contributed by atoms with E-state index in [0.29, 0.717) is 55.8 Å². The molecule has 3 heterocycles. The first-order valence-corrected chi connectivity index (χ1v) is 12.7. The Balaban J connectivity index is 1.38. The summed E-state index contributed by atoms with van der Waals surface area (Å²) in [5.74, 6) is 0.301. The first kappa shape index (κ1) is 27.5. The zero-order chi connectivity index (χ0) is 26.8. The van der Waals surface area contributed by atoms with Gasteiger partial charge in [0, 0.05) is 19.6 Å². The lowest BCUT2D eigenvalue weighted by Crippen LogP contribution is -2.33. The Hall–Kier alpha value is -2.54. The van der Waals surface area contributed by atoms with Gasteiger partial charge in [-0.3, -0.25) is 19.5 Å². The van der Waals surface area contributed by atoms with Crippen molar-refractivity contribution >= 4 is 28.7 Å². The molecule has 2 amide bonds. The number of amides is 2. The van der Waals surface area contributed by atoms with Gasteiger partial charge < -0.3 is 10.2 Å². The molecule has 3 aliphatic rings. The van der Waals surface area contributed by atoms with E-state index in [0.717, 1.165) is 30.7 Å². The van der Waals surface area contributed by atoms with E-state index in [2.05, 4.69) is 10.3 Å². The molecule has 6 nitrogen and oxygen atoms in total. The van der Waals surface area contributed by atoms with E-state index in [1.54, 1.807) is 9.80 Å². The van der Waals surface area contributed by atoms with Crippen molar-refractivity contribution in [3.05, 3.63) is 45.9 Å². The lowest BCUT2D eigenvalue weighted by atomic mass is 9.95. The summed E-state index contributed by atoms with van der Waals surface area (Å²) in [4.78, 5) is 32.6. The van der Waals surface area contributed by atoms with Crippen LogP contribution in [0.5, 0.6) is 0 Å². The van der Waals surface area contributed by atoms with E-state index < -0.39 is 23.5 Å². The molecule has 0 aliphatic carbocycles. The van der Waals surface area contributed by atoms with Gasteiger partial charge in [0.1, 0.15) is 12.4 Å². The number of likely N-dealkylation sites (tertiary alicyclic amines) is 2. The Kier molecular flexibility index (Phi) is 8.22. The number of carbonyl (C=O) groups excluding carboxylic acids is 2. The highest BCUT2D eigenvalue weighted by Crippen LogP contribution is 2.38. The molecular weight excluding hydrogens is 522 g/mol. The molecule has 37 heavy (non-hydrogen) atoms. The third kappa shape index (κ3) is 7.07. The topological polar surface area (TPSA) is 65.0 Å². The van der Waals surface area contributed by atoms with Gasteiger partial charge in [-0.1, -0.05) is 12.1 Å². The predicted octanol–water partition coefficient (Wildman–Crippen LogP) is 5.30. The smallest absolute Gasteiger partial charge is 0.341 e. The second-order valence-electron chi connectivity index (χ2n) is 9.28. The molecule has 1 aromatic rings. The highest BCUT2D eigenvalue weighted by Gasteiger charge is 2.38. The van der Waals surface area contributed by atoms with Crippen LogP contribution in [0.1, 0.15) is 42.4 Å². The predicted molar refractivity (Wildman–Crippen MR) is 127 cm³/mol. The molecule has 0 saturated carbocycles. The van der Waals surface area contributed by atoms with E-state index in [9.17, 15) is 35.9 Å². The minimum Gasteiger partial charge on any atom is -0.341 e. The number of nitrogens with zero attached hydrogens (tertiary/aromatic N) is 3. The standard InChI is InChI=1S/C24H26F6N4O2S/c25-23(26,27)17-4-3-16(18(12-17)24(28,29)30)14-33-9-5-15(6-10-33)11-19-21(32-22(36)37-19)31-13-20(35)34-7-1-2-8-34/h3-4,11-12,15H,1-2,5-10,13-14H2,(H,31,32,36). The zero-order valence-electron chi connectivity index (χ0n) is 19.8. The first-order valence-electron chi connectivity index (χ1n) is 11.9. The van der Waals surface area contributed by atoms with Gasteiger partial charge in [0.2, 0.25) is 5.91 Å². The number of hydrogen-bond acceptors (Lipinski definition) is 5. The van der Waals surface area contributed by atoms with Gasteiger partial charge in [0.25, 0.3) is 5.24 Å². The maximum absolute atomic E-state index is 13.5. The van der Waals surface area contributed by atoms with E-state index in [1.165, 1.54) is 0 Å². The van der Waals surface area contributed by atoms with E-state index in [1.807, 2.05) is 6.08 Å². The van der Waals surface area contributed by atoms with Crippen LogP contribution in [0.2, 0.25) is 0 Å². The number of carbonyl (C=O) groups is 2. The van der Waals surface area contributed by atoms with Crippen LogP contribution in [0.4, 0.5) is 31.1 Å². The van der Waals surface area contributed by atoms with Crippen molar-refractivity contribution in [1.29, 1.82) is 0 Å². The molecule has 1 aromatic carbocycles. The quantitative estimate of drug-likeness (QED) is 0.508. The molecule has 202 valence electrons. The highest BCUT2D eigenvalue weighted by molar-refractivity contribution is 8.18. The molecule has 0 unspecified atom stereocenters. The van der Waals surface area contributed by atoms with Crippen molar-refractivity contribution in [3.8, 4) is 0 Å². The lowest BCUT2D eigenvalue weighted by Gasteiger charge is -2.31. The summed E-state index contributed by atoms with van der Waals surface area (Å²) >= 11 is 0.987. The molecule has 3 saturated heterocycles. The number of rotatable bonds is 5. The summed E-state index contributed by atoms with van der Waals surface area (Å²) in [6, 6.07) is 1.75. The number of aliphatic imine (C=N–C) groups is 1. The summed E-state index contributed by atoms with van der Waals surface area (Å²) in [5, 5.41) is 2.36. The average molecular weight is 549 g/mol. The second-order valence-corrected chi connectivity index (χ2v) is 10.3. The van der Waals surface area contributed by atoms with Crippen molar-refractivity contribution in [2.45, 2.75) is 44.6 Å². The van der Waals surface area contributed by atoms with E-state index >= 15 is 0 Å². The van der Waals surface area contributed by atoms with Gasteiger partial charge in [-0.25, -0.2) is 0 Å². The van der Waals surface area contributed by atoms with Crippen LogP contribution >= 0.6 is 11.8 Å². The first-order chi connectivity index (χ1) is 17.4. The van der Waals surface area contributed by atoms with Crippen LogP contribution in [-0.4, -0.2) is 59.5 Å². The fraction of sp³-hybridized carbons (Fsp3) is 0.542. The number of amidine groups is 1. The molecule has 1 N–H and O–H groups in total. The SMILES string of the molecule is O=C1NC(=NCC(=O)N2CCCC2)C(=CC2CCN(Cc3ccc(C(F)(F)F)cc3C(F)(F)F)CC2)S1. The Morgan fingerprint density at radius 1 is 1.05 bits per heavy atom. The van der Waals surface area contributed by atoms with Crippen molar-refractivity contribution in [2.75, 3.05) is 32.7 Å². The van der Waals surface area contributed by atoms with Crippen molar-refractivity contribution in [3.63, 3.8) is 0 Å². The van der Waals surface area contributed by atoms with Gasteiger partial charge in [-0.15, -0.1) is 0 Å². The molecule has 3 aliphatic heterocycles. The minimum atomic E-state index is -4.90. The maximum atomic E-state index is 13.5. The molecule has 0 aromatic heterocycles. The van der Waals surface area contributed by atoms with Crippen LogP contribution in [0, 0.1) is 5.92 Å². The molecule has 13 heteroatoms. The fourth-order valence-electron chi connectivity index (χ4n) is 4.66. The van der Waals surface area contributed by atoms with Gasteiger partial charge in [0.05, 0.1) is 16.0 Å². The number of hydrogen-bond donors (Lipinski definition) is 1. The summed E-state index contributed by atoms with van der Waals surface area (Å²) in [5.41, 5.74) is -2.80. The largest absolute Gasteiger partial charge is 0.416 e. The normalized spacial score (nSPS) is 22.3. The van der Waals surface area contributed by atoms with Crippen molar-refractivity contribution in [1.82, 2.24) is 15.1 Å². The fourth-order valence-corrected chi connectivity index (χ4v) is 5.48. The average Bonchev–Trinajstić information content (AvgIpc) is 3.47. The number of thioether (sulfide) groups is 1. The Bertz CT molecular complexity index is 1090. The van der Waals surface area contributed by atoms with E-state index in [4.69, 9.17) is 0 Å². The molecule has 0 atom stereocenters. The number of piperidine rings is 1. The molecule has 4 rings (SSSR count). The number of alkyl halides is 6. The van der Waals surface area contributed by atoms with Gasteiger partial charge >= 0.3 is 12.4 Å². The van der Waals surface area contributed by atoms with Crippen molar-refractivity contribution in [2.24, 2.45) is 10.9 Å². The number of benzene rings is 1. The number of halogens is 6. The monoisotopic (exact) mass is 548 g/mol. The number of nitrogens with one attached hydrogen (secondary N) is 1. The van der Waals surface area contributed by atoms with Crippen LogP contribution in [0.15, 0.2) is 34.2 Å². The summed E-state index contributed by atoms with van der Waals surface area (Å²) in [6.45, 7) is 2.14. The third-order valence-corrected chi connectivity index (χ3v) is 7.48. The number of allylic oxidation sites excluding steroid dienone is 1. The Labute approximate surface area is 214 Å². The maximum Gasteiger partial charge on any atom is 0.416 e. The molecule has 0 bridgehead atoms. The molecule has 3 fully saturated rings. The van der Waals surface area contributed by atoms with Crippen LogP contribution < -0.4 is 5.32 Å². The Morgan fingerprint density at radius 3 is 2.35 bits per heavy atom. The summed E-state index contributed by atoms with van der Waals surface area (Å²) in [7, 11) is 0. The van der Waals surface area contributed by atoms with Crippen LogP contribution in [-0.2, 0) is 23.7 Å². The second kappa shape index (κ2) is 11.1. The zero-order valence-corrected chi connectivity index (χ0v) is 20.6. The Morgan fingerprint density at radius 2 is 1.73 bits per heavy atom.